The zero-order chi connectivity index (χ0) is 20.3. The molecule has 3 rings (SSSR count). The third kappa shape index (κ3) is 4.37. The molecule has 3 atom stereocenters. The van der Waals surface area contributed by atoms with Crippen LogP contribution in [0.4, 0.5) is 0 Å². The van der Waals surface area contributed by atoms with Gasteiger partial charge in [0, 0.05) is 25.1 Å². The first-order chi connectivity index (χ1) is 13.3. The van der Waals surface area contributed by atoms with Crippen LogP contribution in [0.2, 0.25) is 0 Å². The predicted octanol–water partition coefficient (Wildman–Crippen LogP) is 0.921. The van der Waals surface area contributed by atoms with Crippen LogP contribution in [-0.2, 0) is 19.0 Å². The van der Waals surface area contributed by atoms with E-state index in [2.05, 4.69) is 4.98 Å². The Balaban J connectivity index is 1.75. The van der Waals surface area contributed by atoms with Crippen molar-refractivity contribution in [1.29, 1.82) is 0 Å². The zero-order valence-electron chi connectivity index (χ0n) is 15.4. The Morgan fingerprint density at radius 3 is 2.64 bits per heavy atom. The summed E-state index contributed by atoms with van der Waals surface area (Å²) in [6.45, 7) is 2.67. The molecule has 1 N–H and O–H groups in total. The fourth-order valence-corrected chi connectivity index (χ4v) is 2.97. The highest BCUT2D eigenvalue weighted by molar-refractivity contribution is 5.89. The van der Waals surface area contributed by atoms with E-state index in [9.17, 15) is 19.2 Å². The Kier molecular flexibility index (Phi) is 5.74. The molecule has 0 spiro atoms. The normalized spacial score (nSPS) is 21.3. The molecule has 2 heterocycles. The average Bonchev–Trinajstić information content (AvgIpc) is 3.05. The molecule has 1 fully saturated rings. The van der Waals surface area contributed by atoms with Gasteiger partial charge >= 0.3 is 17.6 Å². The van der Waals surface area contributed by atoms with Crippen molar-refractivity contribution in [2.24, 2.45) is 0 Å². The van der Waals surface area contributed by atoms with E-state index < -0.39 is 41.6 Å². The molecular formula is C19H20N2O7. The molecule has 0 amide bonds. The summed E-state index contributed by atoms with van der Waals surface area (Å²) in [5, 5.41) is 0. The minimum atomic E-state index is -0.771. The number of carbonyl (C=O) groups is 2. The Hall–Kier alpha value is -3.20. The van der Waals surface area contributed by atoms with Gasteiger partial charge in [-0.25, -0.2) is 9.59 Å². The van der Waals surface area contributed by atoms with E-state index in [0.717, 1.165) is 0 Å². The van der Waals surface area contributed by atoms with Crippen LogP contribution in [0, 0.1) is 6.92 Å². The predicted molar refractivity (Wildman–Crippen MR) is 96.9 cm³/mol. The number of hydrogen-bond acceptors (Lipinski definition) is 7. The maximum absolute atomic E-state index is 12.1. The lowest BCUT2D eigenvalue weighted by Crippen LogP contribution is -2.33. The summed E-state index contributed by atoms with van der Waals surface area (Å²) in [6, 6.07) is 8.44. The highest BCUT2D eigenvalue weighted by Gasteiger charge is 2.39. The number of aromatic amines is 1. The average molecular weight is 388 g/mol. The van der Waals surface area contributed by atoms with Gasteiger partial charge in [-0.05, 0) is 19.1 Å². The van der Waals surface area contributed by atoms with Gasteiger partial charge in [0.25, 0.3) is 5.56 Å². The molecule has 0 radical (unpaired) electrons. The van der Waals surface area contributed by atoms with Crippen LogP contribution in [0.1, 0.15) is 35.5 Å². The summed E-state index contributed by atoms with van der Waals surface area (Å²) in [5.41, 5.74) is -0.395. The molecule has 2 aromatic rings. The van der Waals surface area contributed by atoms with Crippen molar-refractivity contribution in [2.75, 3.05) is 6.61 Å². The molecule has 1 aliphatic heterocycles. The third-order valence-corrected chi connectivity index (χ3v) is 4.34. The molecule has 28 heavy (non-hydrogen) atoms. The summed E-state index contributed by atoms with van der Waals surface area (Å²) in [7, 11) is 0. The van der Waals surface area contributed by atoms with E-state index in [-0.39, 0.29) is 13.0 Å². The number of benzene rings is 1. The molecule has 148 valence electrons. The number of aromatic nitrogens is 2. The lowest BCUT2D eigenvalue weighted by atomic mass is 10.2. The van der Waals surface area contributed by atoms with Gasteiger partial charge in [-0.15, -0.1) is 0 Å². The summed E-state index contributed by atoms with van der Waals surface area (Å²) < 4.78 is 17.6. The van der Waals surface area contributed by atoms with E-state index in [1.807, 2.05) is 0 Å². The third-order valence-electron chi connectivity index (χ3n) is 4.34. The number of carbonyl (C=O) groups excluding carboxylic acids is 2. The molecule has 9 nitrogen and oxygen atoms in total. The van der Waals surface area contributed by atoms with Gasteiger partial charge in [-0.1, -0.05) is 18.2 Å². The Morgan fingerprint density at radius 2 is 1.96 bits per heavy atom. The van der Waals surface area contributed by atoms with Gasteiger partial charge in [0.15, 0.2) is 0 Å². The van der Waals surface area contributed by atoms with Gasteiger partial charge in [-0.3, -0.25) is 19.1 Å². The number of rotatable bonds is 5. The van der Waals surface area contributed by atoms with Crippen LogP contribution in [0.3, 0.4) is 0 Å². The quantitative estimate of drug-likeness (QED) is 0.757. The van der Waals surface area contributed by atoms with E-state index in [4.69, 9.17) is 14.2 Å². The largest absolute Gasteiger partial charge is 0.459 e. The monoisotopic (exact) mass is 388 g/mol. The lowest BCUT2D eigenvalue weighted by molar-refractivity contribution is -0.150. The molecule has 0 saturated carbocycles. The van der Waals surface area contributed by atoms with Crippen molar-refractivity contribution in [1.82, 2.24) is 9.55 Å². The van der Waals surface area contributed by atoms with Gasteiger partial charge < -0.3 is 14.2 Å². The second kappa shape index (κ2) is 8.22. The maximum Gasteiger partial charge on any atom is 0.338 e. The summed E-state index contributed by atoms with van der Waals surface area (Å²) in [6.07, 6.45) is -0.660. The molecule has 1 saturated heterocycles. The fourth-order valence-electron chi connectivity index (χ4n) is 2.97. The number of nitrogens with zero attached hydrogens (tertiary/aromatic N) is 1. The zero-order valence-corrected chi connectivity index (χ0v) is 15.4. The summed E-state index contributed by atoms with van der Waals surface area (Å²) in [5.74, 6) is -1.05. The van der Waals surface area contributed by atoms with Crippen molar-refractivity contribution >= 4 is 11.9 Å². The highest BCUT2D eigenvalue weighted by atomic mass is 16.6. The van der Waals surface area contributed by atoms with Crippen LogP contribution in [-0.4, -0.2) is 40.3 Å². The van der Waals surface area contributed by atoms with Crippen molar-refractivity contribution in [3.8, 4) is 0 Å². The SMILES string of the molecule is CC(=O)O[C@H]1C[C@@H](n2cc(C)c(=O)[nH]c2=O)O[C@@H]1COC(=O)c1ccccc1. The summed E-state index contributed by atoms with van der Waals surface area (Å²) in [4.78, 5) is 49.4. The molecule has 1 aromatic heterocycles. The van der Waals surface area contributed by atoms with Crippen molar-refractivity contribution in [3.63, 3.8) is 0 Å². The van der Waals surface area contributed by atoms with Crippen LogP contribution < -0.4 is 11.2 Å². The van der Waals surface area contributed by atoms with Gasteiger partial charge in [0.2, 0.25) is 0 Å². The van der Waals surface area contributed by atoms with Crippen LogP contribution >= 0.6 is 0 Å². The number of aryl methyl sites for hydroxylation is 1. The van der Waals surface area contributed by atoms with Crippen LogP contribution in [0.5, 0.6) is 0 Å². The smallest absolute Gasteiger partial charge is 0.338 e. The fraction of sp³-hybridized carbons (Fsp3) is 0.368. The van der Waals surface area contributed by atoms with Crippen molar-refractivity contribution < 1.29 is 23.8 Å². The van der Waals surface area contributed by atoms with Crippen LogP contribution in [0.15, 0.2) is 46.1 Å². The molecule has 0 unspecified atom stereocenters. The highest BCUT2D eigenvalue weighted by Crippen LogP contribution is 2.30. The minimum Gasteiger partial charge on any atom is -0.459 e. The maximum atomic E-state index is 12.1. The Bertz CT molecular complexity index is 980. The van der Waals surface area contributed by atoms with Gasteiger partial charge in [0.1, 0.15) is 25.0 Å². The number of nitrogens with one attached hydrogen (secondary N) is 1. The minimum absolute atomic E-state index is 0.154. The second-order valence-corrected chi connectivity index (χ2v) is 6.46. The molecule has 0 bridgehead atoms. The van der Waals surface area contributed by atoms with Gasteiger partial charge in [0.05, 0.1) is 5.56 Å². The molecule has 1 aliphatic rings. The topological polar surface area (TPSA) is 117 Å². The number of hydrogen-bond donors (Lipinski definition) is 1. The van der Waals surface area contributed by atoms with Crippen molar-refractivity contribution in [2.45, 2.75) is 38.7 Å². The second-order valence-electron chi connectivity index (χ2n) is 6.46. The molecule has 9 heteroatoms. The van der Waals surface area contributed by atoms with E-state index in [0.29, 0.717) is 11.1 Å². The first kappa shape index (κ1) is 19.6. The first-order valence-corrected chi connectivity index (χ1v) is 8.72. The lowest BCUT2D eigenvalue weighted by Gasteiger charge is -2.18. The van der Waals surface area contributed by atoms with Crippen LogP contribution in [0.25, 0.3) is 0 Å². The molecule has 1 aromatic carbocycles. The van der Waals surface area contributed by atoms with Crippen molar-refractivity contribution in [3.05, 3.63) is 68.5 Å². The molecule has 0 aliphatic carbocycles. The Morgan fingerprint density at radius 1 is 1.25 bits per heavy atom. The van der Waals surface area contributed by atoms with E-state index in [1.54, 1.807) is 37.3 Å². The standard InChI is InChI=1S/C19H20N2O7/c1-11-9-21(19(25)20-17(11)23)16-8-14(27-12(2)22)15(28-16)10-26-18(24)13-6-4-3-5-7-13/h3-7,9,14-16H,8,10H2,1-2H3,(H,20,23,25)/t14-,15+,16-/m0/s1. The number of ether oxygens (including phenoxy) is 3. The van der Waals surface area contributed by atoms with E-state index in [1.165, 1.54) is 17.7 Å². The molecular weight excluding hydrogens is 368 g/mol. The van der Waals surface area contributed by atoms with Gasteiger partial charge in [-0.2, -0.15) is 0 Å². The van der Waals surface area contributed by atoms with E-state index >= 15 is 0 Å². The summed E-state index contributed by atoms with van der Waals surface area (Å²) >= 11 is 0. The Labute approximate surface area is 159 Å². The number of esters is 2. The first-order valence-electron chi connectivity index (χ1n) is 8.72. The number of H-pyrrole nitrogens is 1.